The second-order valence-electron chi connectivity index (χ2n) is 5.45. The molecule has 0 bridgehead atoms. The molecule has 1 saturated heterocycles. The standard InChI is InChI=1S/C16H20ClN3O2S/c1-4-9(2)18-16-20-15(22)13(23-16)8-14(21)19-12-7-5-6-11(17)10(12)3/h5-7,9,13H,4,8H2,1-3H3,(H,19,21)(H,18,20,22)/t9-,13-/m1/s1. The molecule has 0 aliphatic carbocycles. The number of amides is 2. The summed E-state index contributed by atoms with van der Waals surface area (Å²) < 4.78 is 0. The minimum atomic E-state index is -0.447. The summed E-state index contributed by atoms with van der Waals surface area (Å²) in [6, 6.07) is 5.49. The van der Waals surface area contributed by atoms with Gasteiger partial charge in [0.1, 0.15) is 5.25 Å². The van der Waals surface area contributed by atoms with Gasteiger partial charge in [0.2, 0.25) is 11.8 Å². The number of carbonyl (C=O) groups is 2. The van der Waals surface area contributed by atoms with Crippen LogP contribution in [0.25, 0.3) is 0 Å². The van der Waals surface area contributed by atoms with Crippen LogP contribution >= 0.6 is 23.4 Å². The van der Waals surface area contributed by atoms with Gasteiger partial charge >= 0.3 is 0 Å². The molecule has 0 radical (unpaired) electrons. The second kappa shape index (κ2) is 7.84. The first-order valence-corrected chi connectivity index (χ1v) is 8.76. The Morgan fingerprint density at radius 1 is 1.52 bits per heavy atom. The average Bonchev–Trinajstić information content (AvgIpc) is 2.83. The van der Waals surface area contributed by atoms with E-state index in [2.05, 4.69) is 15.6 Å². The Labute approximate surface area is 145 Å². The quantitative estimate of drug-likeness (QED) is 0.852. The van der Waals surface area contributed by atoms with Gasteiger partial charge in [0.05, 0.1) is 0 Å². The highest BCUT2D eigenvalue weighted by molar-refractivity contribution is 8.15. The number of thioether (sulfide) groups is 1. The largest absolute Gasteiger partial charge is 0.326 e. The number of hydrogen-bond acceptors (Lipinski definition) is 4. The molecule has 124 valence electrons. The van der Waals surface area contributed by atoms with Crippen LogP contribution in [0.2, 0.25) is 5.02 Å². The molecule has 0 spiro atoms. The Bertz CT molecular complexity index is 648. The lowest BCUT2D eigenvalue weighted by Crippen LogP contribution is -2.28. The van der Waals surface area contributed by atoms with Crippen molar-refractivity contribution in [2.24, 2.45) is 4.99 Å². The first kappa shape index (κ1) is 17.8. The third-order valence-electron chi connectivity index (χ3n) is 3.62. The van der Waals surface area contributed by atoms with E-state index >= 15 is 0 Å². The number of benzene rings is 1. The monoisotopic (exact) mass is 353 g/mol. The molecule has 0 unspecified atom stereocenters. The van der Waals surface area contributed by atoms with Crippen LogP contribution in [0.1, 0.15) is 32.3 Å². The lowest BCUT2D eigenvalue weighted by Gasteiger charge is -2.10. The van der Waals surface area contributed by atoms with E-state index in [0.717, 1.165) is 12.0 Å². The predicted octanol–water partition coefficient (Wildman–Crippen LogP) is 3.36. The molecule has 1 aromatic carbocycles. The third-order valence-corrected chi connectivity index (χ3v) is 5.12. The SMILES string of the molecule is CC[C@@H](C)N=C1NC(=O)[C@@H](CC(=O)Nc2cccc(Cl)c2C)S1. The summed E-state index contributed by atoms with van der Waals surface area (Å²) >= 11 is 7.35. The topological polar surface area (TPSA) is 70.6 Å². The number of nitrogens with one attached hydrogen (secondary N) is 2. The highest BCUT2D eigenvalue weighted by Gasteiger charge is 2.32. The summed E-state index contributed by atoms with van der Waals surface area (Å²) in [7, 11) is 0. The summed E-state index contributed by atoms with van der Waals surface area (Å²) in [6.45, 7) is 5.86. The molecular formula is C16H20ClN3O2S. The van der Waals surface area contributed by atoms with Crippen molar-refractivity contribution in [2.45, 2.75) is 44.9 Å². The molecule has 5 nitrogen and oxygen atoms in total. The van der Waals surface area contributed by atoms with E-state index in [1.54, 1.807) is 18.2 Å². The number of aliphatic imine (C=N–C) groups is 1. The molecule has 0 aromatic heterocycles. The highest BCUT2D eigenvalue weighted by atomic mass is 35.5. The molecule has 1 aliphatic rings. The van der Waals surface area contributed by atoms with Crippen molar-refractivity contribution in [3.8, 4) is 0 Å². The Morgan fingerprint density at radius 2 is 2.26 bits per heavy atom. The Kier molecular flexibility index (Phi) is 6.07. The van der Waals surface area contributed by atoms with E-state index in [4.69, 9.17) is 11.6 Å². The number of halogens is 1. The summed E-state index contributed by atoms with van der Waals surface area (Å²) in [5.41, 5.74) is 1.48. The Hall–Kier alpha value is -1.53. The maximum absolute atomic E-state index is 12.2. The van der Waals surface area contributed by atoms with Crippen LogP contribution in [0.3, 0.4) is 0 Å². The van der Waals surface area contributed by atoms with Crippen molar-refractivity contribution < 1.29 is 9.59 Å². The maximum atomic E-state index is 12.2. The van der Waals surface area contributed by atoms with Crippen LogP contribution in [0.4, 0.5) is 5.69 Å². The number of amidine groups is 1. The molecule has 2 amide bonds. The molecule has 2 rings (SSSR count). The first-order valence-electron chi connectivity index (χ1n) is 7.51. The fourth-order valence-electron chi connectivity index (χ4n) is 2.00. The van der Waals surface area contributed by atoms with E-state index in [1.165, 1.54) is 11.8 Å². The number of nitrogens with zero attached hydrogens (tertiary/aromatic N) is 1. The van der Waals surface area contributed by atoms with Crippen molar-refractivity contribution in [2.75, 3.05) is 5.32 Å². The van der Waals surface area contributed by atoms with Crippen molar-refractivity contribution in [1.29, 1.82) is 0 Å². The van der Waals surface area contributed by atoms with Crippen LogP contribution in [-0.4, -0.2) is 28.3 Å². The Morgan fingerprint density at radius 3 is 2.96 bits per heavy atom. The molecule has 1 aromatic rings. The van der Waals surface area contributed by atoms with Gasteiger partial charge in [0.15, 0.2) is 5.17 Å². The van der Waals surface area contributed by atoms with Crippen LogP contribution in [-0.2, 0) is 9.59 Å². The zero-order valence-corrected chi connectivity index (χ0v) is 14.9. The lowest BCUT2D eigenvalue weighted by atomic mass is 10.2. The minimum Gasteiger partial charge on any atom is -0.326 e. The fourth-order valence-corrected chi connectivity index (χ4v) is 3.25. The van der Waals surface area contributed by atoms with Gasteiger partial charge in [0, 0.05) is 23.2 Å². The molecule has 2 N–H and O–H groups in total. The molecule has 0 saturated carbocycles. The first-order chi connectivity index (χ1) is 10.9. The van der Waals surface area contributed by atoms with E-state index in [-0.39, 0.29) is 24.3 Å². The van der Waals surface area contributed by atoms with Crippen LogP contribution in [0, 0.1) is 6.92 Å². The molecule has 1 heterocycles. The van der Waals surface area contributed by atoms with Gasteiger partial charge in [-0.15, -0.1) is 0 Å². The number of anilines is 1. The highest BCUT2D eigenvalue weighted by Crippen LogP contribution is 2.26. The van der Waals surface area contributed by atoms with Crippen LogP contribution in [0.15, 0.2) is 23.2 Å². The van der Waals surface area contributed by atoms with Crippen molar-refractivity contribution in [3.05, 3.63) is 28.8 Å². The molecule has 23 heavy (non-hydrogen) atoms. The van der Waals surface area contributed by atoms with Crippen LogP contribution < -0.4 is 10.6 Å². The minimum absolute atomic E-state index is 0.0992. The molecule has 7 heteroatoms. The number of hydrogen-bond donors (Lipinski definition) is 2. The van der Waals surface area contributed by atoms with Gasteiger partial charge in [-0.05, 0) is 38.0 Å². The second-order valence-corrected chi connectivity index (χ2v) is 7.05. The van der Waals surface area contributed by atoms with Gasteiger partial charge < -0.3 is 10.6 Å². The smallest absolute Gasteiger partial charge is 0.240 e. The average molecular weight is 354 g/mol. The molecule has 1 aliphatic heterocycles. The van der Waals surface area contributed by atoms with Gasteiger partial charge in [0.25, 0.3) is 0 Å². The van der Waals surface area contributed by atoms with E-state index in [0.29, 0.717) is 15.9 Å². The summed E-state index contributed by atoms with van der Waals surface area (Å²) in [6.07, 6.45) is 1.00. The van der Waals surface area contributed by atoms with Crippen LogP contribution in [0.5, 0.6) is 0 Å². The van der Waals surface area contributed by atoms with E-state index in [9.17, 15) is 9.59 Å². The third kappa shape index (κ3) is 4.72. The molecular weight excluding hydrogens is 334 g/mol. The van der Waals surface area contributed by atoms with E-state index in [1.807, 2.05) is 20.8 Å². The number of carbonyl (C=O) groups excluding carboxylic acids is 2. The summed E-state index contributed by atoms with van der Waals surface area (Å²) in [4.78, 5) is 28.5. The molecule has 1 fully saturated rings. The zero-order valence-electron chi connectivity index (χ0n) is 13.4. The normalized spacial score (nSPS) is 20.4. The zero-order chi connectivity index (χ0) is 17.0. The van der Waals surface area contributed by atoms with Gasteiger partial charge in [-0.3, -0.25) is 14.6 Å². The Balaban J connectivity index is 1.97. The van der Waals surface area contributed by atoms with E-state index < -0.39 is 5.25 Å². The van der Waals surface area contributed by atoms with Crippen molar-refractivity contribution in [1.82, 2.24) is 5.32 Å². The van der Waals surface area contributed by atoms with Crippen molar-refractivity contribution in [3.63, 3.8) is 0 Å². The fraction of sp³-hybridized carbons (Fsp3) is 0.438. The maximum Gasteiger partial charge on any atom is 0.240 e. The molecule has 2 atom stereocenters. The van der Waals surface area contributed by atoms with Gasteiger partial charge in [-0.25, -0.2) is 0 Å². The predicted molar refractivity (Wildman–Crippen MR) is 96.1 cm³/mol. The van der Waals surface area contributed by atoms with Gasteiger partial charge in [-0.1, -0.05) is 36.4 Å². The summed E-state index contributed by atoms with van der Waals surface area (Å²) in [5, 5.41) is 6.29. The van der Waals surface area contributed by atoms with Gasteiger partial charge in [-0.2, -0.15) is 0 Å². The summed E-state index contributed by atoms with van der Waals surface area (Å²) in [5.74, 6) is -0.386. The lowest BCUT2D eigenvalue weighted by molar-refractivity contribution is -0.122. The van der Waals surface area contributed by atoms with Crippen molar-refractivity contribution >= 4 is 46.0 Å². The number of rotatable bonds is 5.